The minimum absolute atomic E-state index is 0.105. The first-order valence-electron chi connectivity index (χ1n) is 9.26. The van der Waals surface area contributed by atoms with Gasteiger partial charge in [-0.1, -0.05) is 37.5 Å². The summed E-state index contributed by atoms with van der Waals surface area (Å²) in [7, 11) is 0. The molecule has 1 aromatic carbocycles. The van der Waals surface area contributed by atoms with E-state index in [4.69, 9.17) is 0 Å². The number of nitrogens with zero attached hydrogens (tertiary/aromatic N) is 2. The summed E-state index contributed by atoms with van der Waals surface area (Å²) in [5.41, 5.74) is 4.73. The third-order valence-electron chi connectivity index (χ3n) is 5.39. The molecule has 0 atom stereocenters. The average molecular weight is 366 g/mol. The van der Waals surface area contributed by atoms with Crippen molar-refractivity contribution in [1.29, 1.82) is 0 Å². The molecular formula is C21H23N3OS. The zero-order valence-electron chi connectivity index (χ0n) is 15.2. The van der Waals surface area contributed by atoms with E-state index in [0.29, 0.717) is 5.82 Å². The van der Waals surface area contributed by atoms with Gasteiger partial charge in [0.25, 0.3) is 0 Å². The number of hydrogen-bond donors (Lipinski definition) is 1. The number of anilines is 1. The monoisotopic (exact) mass is 365 g/mol. The molecule has 1 fully saturated rings. The smallest absolute Gasteiger partial charge is 0.228 e. The maximum atomic E-state index is 12.6. The molecule has 2 heterocycles. The van der Waals surface area contributed by atoms with Crippen LogP contribution in [0.1, 0.15) is 43.2 Å². The van der Waals surface area contributed by atoms with Crippen LogP contribution < -0.4 is 5.32 Å². The van der Waals surface area contributed by atoms with Crippen molar-refractivity contribution in [3.63, 3.8) is 0 Å². The molecule has 1 aliphatic carbocycles. The predicted molar refractivity (Wildman–Crippen MR) is 108 cm³/mol. The fraction of sp³-hybridized carbons (Fsp3) is 0.381. The molecule has 0 aliphatic heterocycles. The molecule has 4 rings (SSSR count). The lowest BCUT2D eigenvalue weighted by atomic mass is 9.89. The molecule has 4 nitrogen and oxygen atoms in total. The second kappa shape index (κ2) is 7.16. The van der Waals surface area contributed by atoms with Gasteiger partial charge in [-0.3, -0.25) is 4.79 Å². The molecule has 3 aromatic rings. The van der Waals surface area contributed by atoms with Crippen LogP contribution in [0, 0.1) is 19.8 Å². The van der Waals surface area contributed by atoms with E-state index in [2.05, 4.69) is 52.8 Å². The number of carbonyl (C=O) groups excluding carboxylic acids is 1. The van der Waals surface area contributed by atoms with E-state index in [1.807, 2.05) is 6.20 Å². The molecule has 0 unspecified atom stereocenters. The SMILES string of the molecule is Cc1ccc(-c2cnc3snc(NC(=O)C4CCCCC4)c3c2)cc1C. The highest BCUT2D eigenvalue weighted by Crippen LogP contribution is 2.31. The quantitative estimate of drug-likeness (QED) is 0.667. The molecule has 5 heteroatoms. The van der Waals surface area contributed by atoms with Crippen LogP contribution in [0.4, 0.5) is 5.82 Å². The number of hydrogen-bond acceptors (Lipinski definition) is 4. The lowest BCUT2D eigenvalue weighted by molar-refractivity contribution is -0.120. The molecule has 2 aromatic heterocycles. The van der Waals surface area contributed by atoms with Crippen molar-refractivity contribution in [1.82, 2.24) is 9.36 Å². The average Bonchev–Trinajstić information content (AvgIpc) is 3.07. The van der Waals surface area contributed by atoms with E-state index in [-0.39, 0.29) is 11.8 Å². The van der Waals surface area contributed by atoms with Crippen molar-refractivity contribution in [3.8, 4) is 11.1 Å². The first-order chi connectivity index (χ1) is 12.6. The summed E-state index contributed by atoms with van der Waals surface area (Å²) in [6.07, 6.45) is 7.40. The second-order valence-electron chi connectivity index (χ2n) is 7.23. The van der Waals surface area contributed by atoms with Gasteiger partial charge < -0.3 is 5.32 Å². The van der Waals surface area contributed by atoms with Crippen molar-refractivity contribution in [2.24, 2.45) is 5.92 Å². The fourth-order valence-electron chi connectivity index (χ4n) is 3.59. The fourth-order valence-corrected chi connectivity index (χ4v) is 4.26. The third-order valence-corrected chi connectivity index (χ3v) is 6.16. The molecule has 0 radical (unpaired) electrons. The Labute approximate surface area is 157 Å². The van der Waals surface area contributed by atoms with E-state index < -0.39 is 0 Å². The first kappa shape index (κ1) is 17.2. The Morgan fingerprint density at radius 2 is 1.88 bits per heavy atom. The topological polar surface area (TPSA) is 54.9 Å². The Balaban J connectivity index is 1.64. The van der Waals surface area contributed by atoms with Crippen LogP contribution >= 0.6 is 11.5 Å². The summed E-state index contributed by atoms with van der Waals surface area (Å²) in [6.45, 7) is 4.23. The van der Waals surface area contributed by atoms with Crippen molar-refractivity contribution < 1.29 is 4.79 Å². The number of aryl methyl sites for hydroxylation is 2. The Kier molecular flexibility index (Phi) is 4.72. The number of nitrogens with one attached hydrogen (secondary N) is 1. The molecule has 1 saturated carbocycles. The summed E-state index contributed by atoms with van der Waals surface area (Å²) in [5, 5.41) is 3.98. The van der Waals surface area contributed by atoms with Gasteiger partial charge in [0, 0.05) is 17.7 Å². The molecule has 1 amide bonds. The lowest BCUT2D eigenvalue weighted by Crippen LogP contribution is -2.24. The standard InChI is InChI=1S/C21H23N3OS/c1-13-8-9-16(10-14(13)2)17-11-18-19(24-26-21(18)22-12-17)23-20(25)15-6-4-3-5-7-15/h8-12,15H,3-7H2,1-2H3,(H,23,24,25). The van der Waals surface area contributed by atoms with Gasteiger partial charge >= 0.3 is 0 Å². The predicted octanol–water partition coefficient (Wildman–Crippen LogP) is 5.49. The van der Waals surface area contributed by atoms with Gasteiger partial charge in [0.15, 0.2) is 5.82 Å². The number of pyridine rings is 1. The molecule has 0 saturated heterocycles. The number of carbonyl (C=O) groups is 1. The van der Waals surface area contributed by atoms with Crippen LogP contribution in [0.3, 0.4) is 0 Å². The van der Waals surface area contributed by atoms with E-state index in [1.54, 1.807) is 0 Å². The van der Waals surface area contributed by atoms with E-state index >= 15 is 0 Å². The second-order valence-corrected chi connectivity index (χ2v) is 7.98. The minimum Gasteiger partial charge on any atom is -0.309 e. The van der Waals surface area contributed by atoms with Gasteiger partial charge in [0.1, 0.15) is 4.83 Å². The number of rotatable bonds is 3. The molecule has 1 N–H and O–H groups in total. The molecule has 134 valence electrons. The van der Waals surface area contributed by atoms with Crippen LogP contribution in [0.15, 0.2) is 30.5 Å². The molecule has 1 aliphatic rings. The largest absolute Gasteiger partial charge is 0.309 e. The van der Waals surface area contributed by atoms with Crippen molar-refractivity contribution >= 4 is 33.5 Å². The highest BCUT2D eigenvalue weighted by atomic mass is 32.1. The minimum atomic E-state index is 0.105. The van der Waals surface area contributed by atoms with E-state index in [1.165, 1.54) is 29.1 Å². The Morgan fingerprint density at radius 1 is 1.08 bits per heavy atom. The van der Waals surface area contributed by atoms with Crippen LogP contribution in [0.25, 0.3) is 21.3 Å². The van der Waals surface area contributed by atoms with Crippen LogP contribution in [-0.2, 0) is 4.79 Å². The van der Waals surface area contributed by atoms with E-state index in [9.17, 15) is 4.79 Å². The summed E-state index contributed by atoms with van der Waals surface area (Å²) >= 11 is 1.34. The van der Waals surface area contributed by atoms with Gasteiger partial charge in [-0.15, -0.1) is 0 Å². The highest BCUT2D eigenvalue weighted by Gasteiger charge is 2.22. The highest BCUT2D eigenvalue weighted by molar-refractivity contribution is 7.13. The summed E-state index contributed by atoms with van der Waals surface area (Å²) in [4.78, 5) is 18.0. The maximum absolute atomic E-state index is 12.6. The van der Waals surface area contributed by atoms with Gasteiger partial charge in [-0.25, -0.2) is 4.98 Å². The summed E-state index contributed by atoms with van der Waals surface area (Å²) < 4.78 is 4.44. The first-order valence-corrected chi connectivity index (χ1v) is 10.0. The normalized spacial score (nSPS) is 15.3. The van der Waals surface area contributed by atoms with Crippen LogP contribution in [0.2, 0.25) is 0 Å². The van der Waals surface area contributed by atoms with Crippen molar-refractivity contribution in [2.75, 3.05) is 5.32 Å². The zero-order valence-corrected chi connectivity index (χ0v) is 16.0. The number of aromatic nitrogens is 2. The Bertz CT molecular complexity index is 957. The van der Waals surface area contributed by atoms with Crippen molar-refractivity contribution in [2.45, 2.75) is 46.0 Å². The number of benzene rings is 1. The van der Waals surface area contributed by atoms with Gasteiger partial charge in [0.05, 0.1) is 5.39 Å². The molecule has 0 spiro atoms. The van der Waals surface area contributed by atoms with Gasteiger partial charge in [-0.2, -0.15) is 4.37 Å². The van der Waals surface area contributed by atoms with Crippen LogP contribution in [-0.4, -0.2) is 15.3 Å². The molecular weight excluding hydrogens is 342 g/mol. The van der Waals surface area contributed by atoms with Gasteiger partial charge in [-0.05, 0) is 61.0 Å². The van der Waals surface area contributed by atoms with E-state index in [0.717, 1.165) is 47.0 Å². The maximum Gasteiger partial charge on any atom is 0.228 e. The number of fused-ring (bicyclic) bond motifs is 1. The summed E-state index contributed by atoms with van der Waals surface area (Å²) in [6, 6.07) is 8.52. The zero-order chi connectivity index (χ0) is 18.1. The lowest BCUT2D eigenvalue weighted by Gasteiger charge is -2.20. The Hall–Kier alpha value is -2.27. The Morgan fingerprint density at radius 3 is 2.65 bits per heavy atom. The van der Waals surface area contributed by atoms with Crippen molar-refractivity contribution in [3.05, 3.63) is 41.6 Å². The number of amides is 1. The van der Waals surface area contributed by atoms with Gasteiger partial charge in [0.2, 0.25) is 5.91 Å². The molecule has 0 bridgehead atoms. The third kappa shape index (κ3) is 3.36. The molecule has 26 heavy (non-hydrogen) atoms. The van der Waals surface area contributed by atoms with Crippen LogP contribution in [0.5, 0.6) is 0 Å². The summed E-state index contributed by atoms with van der Waals surface area (Å²) in [5.74, 6) is 0.878.